The van der Waals surface area contributed by atoms with Crippen molar-refractivity contribution in [2.75, 3.05) is 50.5 Å². The number of likely N-dealkylation sites (tertiary alicyclic amines) is 1. The molecule has 6 rings (SSSR count). The van der Waals surface area contributed by atoms with E-state index >= 15 is 0 Å². The van der Waals surface area contributed by atoms with Crippen LogP contribution in [0.15, 0.2) is 60.8 Å². The van der Waals surface area contributed by atoms with Crippen LogP contribution in [0.5, 0.6) is 0 Å². The molecule has 11 nitrogen and oxygen atoms in total. The fraction of sp³-hybridized carbons (Fsp3) is 0.441. The zero-order valence-electron chi connectivity index (χ0n) is 27.5. The molecule has 2 saturated heterocycles. The maximum Gasteiger partial charge on any atom is 0.253 e. The highest BCUT2D eigenvalue weighted by molar-refractivity contribution is 7.88. The third kappa shape index (κ3) is 5.96. The number of anilines is 2. The fourth-order valence-electron chi connectivity index (χ4n) is 7.08. The summed E-state index contributed by atoms with van der Waals surface area (Å²) in [6, 6.07) is 17.6. The summed E-state index contributed by atoms with van der Waals surface area (Å²) in [5.74, 6) is 1.10. The zero-order valence-corrected chi connectivity index (χ0v) is 28.3. The predicted octanol–water partition coefficient (Wildman–Crippen LogP) is 4.43. The number of nitrogens with two attached hydrogens (primary N) is 1. The van der Waals surface area contributed by atoms with E-state index in [1.807, 2.05) is 42.5 Å². The summed E-state index contributed by atoms with van der Waals surface area (Å²) < 4.78 is 26.8. The summed E-state index contributed by atoms with van der Waals surface area (Å²) in [5, 5.41) is 8.45. The Morgan fingerprint density at radius 1 is 0.913 bits per heavy atom. The number of carbonyl (C=O) groups excluding carboxylic acids is 1. The maximum atomic E-state index is 13.2. The van der Waals surface area contributed by atoms with E-state index in [4.69, 9.17) is 10.7 Å². The summed E-state index contributed by atoms with van der Waals surface area (Å²) in [7, 11) is -1.07. The lowest BCUT2D eigenvalue weighted by Crippen LogP contribution is -2.61. The van der Waals surface area contributed by atoms with Gasteiger partial charge in [0.2, 0.25) is 10.0 Å². The van der Waals surface area contributed by atoms with Gasteiger partial charge in [-0.15, -0.1) is 0 Å². The molecule has 4 heterocycles. The van der Waals surface area contributed by atoms with Crippen molar-refractivity contribution < 1.29 is 13.2 Å². The Bertz CT molecular complexity index is 1840. The van der Waals surface area contributed by atoms with Gasteiger partial charge in [0.1, 0.15) is 11.6 Å². The van der Waals surface area contributed by atoms with Crippen LogP contribution in [0.1, 0.15) is 50.9 Å². The van der Waals surface area contributed by atoms with Crippen molar-refractivity contribution in [1.82, 2.24) is 28.7 Å². The van der Waals surface area contributed by atoms with Crippen molar-refractivity contribution in [2.45, 2.75) is 57.7 Å². The van der Waals surface area contributed by atoms with Crippen molar-refractivity contribution in [1.29, 1.82) is 0 Å². The number of nitrogens with zero attached hydrogens (tertiary/aromatic N) is 6. The van der Waals surface area contributed by atoms with Gasteiger partial charge in [-0.3, -0.25) is 9.69 Å². The molecule has 0 bridgehead atoms. The second-order valence-electron chi connectivity index (χ2n) is 13.8. The summed E-state index contributed by atoms with van der Waals surface area (Å²) >= 11 is 0. The standard InChI is InChI=1S/C34H44N8O3S/c1-33(2)20-26(21-34(3,4)39(33)5)37-30-28(24-10-8-7-9-11-24)29(35)42-31(38-30)27(22-36-42)23-12-14-25(15-13-23)32(43)40-16-18-41(19-17-40)46(6,44)45/h7-15,22,26H,16-21,35H2,1-6H3,(H,37,38). The van der Waals surface area contributed by atoms with Crippen LogP contribution < -0.4 is 11.1 Å². The van der Waals surface area contributed by atoms with E-state index in [1.165, 1.54) is 10.6 Å². The van der Waals surface area contributed by atoms with E-state index in [2.05, 4.69) is 50.1 Å². The second-order valence-corrected chi connectivity index (χ2v) is 15.8. The number of nitrogen functional groups attached to an aromatic ring is 1. The average Bonchev–Trinajstić information content (AvgIpc) is 3.44. The maximum absolute atomic E-state index is 13.2. The summed E-state index contributed by atoms with van der Waals surface area (Å²) in [4.78, 5) is 22.6. The Labute approximate surface area is 271 Å². The van der Waals surface area contributed by atoms with E-state index in [1.54, 1.807) is 27.7 Å². The van der Waals surface area contributed by atoms with E-state index in [0.29, 0.717) is 43.2 Å². The number of hydrogen-bond donors (Lipinski definition) is 2. The van der Waals surface area contributed by atoms with Gasteiger partial charge in [0.15, 0.2) is 5.65 Å². The topological polar surface area (TPSA) is 129 Å². The predicted molar refractivity (Wildman–Crippen MR) is 183 cm³/mol. The number of benzene rings is 2. The van der Waals surface area contributed by atoms with E-state index in [9.17, 15) is 13.2 Å². The highest BCUT2D eigenvalue weighted by atomic mass is 32.2. The summed E-state index contributed by atoms with van der Waals surface area (Å²) in [6.45, 7) is 10.4. The molecule has 4 aromatic rings. The quantitative estimate of drug-likeness (QED) is 0.316. The number of piperidine rings is 1. The van der Waals surface area contributed by atoms with Gasteiger partial charge >= 0.3 is 0 Å². The molecule has 1 amide bonds. The Hall–Kier alpha value is -4.00. The van der Waals surface area contributed by atoms with Crippen LogP contribution in [-0.2, 0) is 10.0 Å². The molecule has 244 valence electrons. The number of rotatable bonds is 6. The van der Waals surface area contributed by atoms with Crippen LogP contribution in [0.4, 0.5) is 11.6 Å². The molecule has 0 atom stereocenters. The minimum absolute atomic E-state index is 0.00971. The SMILES string of the molecule is CN1C(C)(C)CC(Nc2nc3c(-c4ccc(C(=O)N5CCN(S(C)(=O)=O)CC5)cc4)cnn3c(N)c2-c2ccccc2)CC1(C)C. The van der Waals surface area contributed by atoms with Gasteiger partial charge in [0.05, 0.1) is 18.0 Å². The van der Waals surface area contributed by atoms with Gasteiger partial charge in [0.25, 0.3) is 5.91 Å². The van der Waals surface area contributed by atoms with Crippen LogP contribution in [0, 0.1) is 0 Å². The van der Waals surface area contributed by atoms with Gasteiger partial charge in [-0.1, -0.05) is 42.5 Å². The Morgan fingerprint density at radius 2 is 1.52 bits per heavy atom. The van der Waals surface area contributed by atoms with Crippen LogP contribution in [0.25, 0.3) is 27.9 Å². The molecule has 2 aliphatic rings. The van der Waals surface area contributed by atoms with Crippen molar-refractivity contribution >= 4 is 33.2 Å². The van der Waals surface area contributed by atoms with Crippen LogP contribution in [-0.4, -0.2) is 99.6 Å². The summed E-state index contributed by atoms with van der Waals surface area (Å²) in [6.07, 6.45) is 4.85. The lowest BCUT2D eigenvalue weighted by atomic mass is 9.77. The molecule has 2 aliphatic heterocycles. The van der Waals surface area contributed by atoms with E-state index in [-0.39, 0.29) is 23.0 Å². The summed E-state index contributed by atoms with van der Waals surface area (Å²) in [5.41, 5.74) is 11.5. The average molecular weight is 645 g/mol. The number of sulfonamides is 1. The first-order valence-corrected chi connectivity index (χ1v) is 17.6. The molecule has 3 N–H and O–H groups in total. The van der Waals surface area contributed by atoms with Crippen LogP contribution in [0.3, 0.4) is 0 Å². The monoisotopic (exact) mass is 644 g/mol. The highest BCUT2D eigenvalue weighted by Crippen LogP contribution is 2.41. The Kier molecular flexibility index (Phi) is 8.10. The lowest BCUT2D eigenvalue weighted by Gasteiger charge is -2.53. The lowest BCUT2D eigenvalue weighted by molar-refractivity contribution is -0.00771. The number of fused-ring (bicyclic) bond motifs is 1. The molecular formula is C34H44N8O3S. The molecule has 2 aromatic heterocycles. The smallest absolute Gasteiger partial charge is 0.253 e. The molecule has 0 saturated carbocycles. The number of aromatic nitrogens is 3. The number of amides is 1. The molecule has 2 aromatic carbocycles. The van der Waals surface area contributed by atoms with E-state index in [0.717, 1.165) is 40.9 Å². The van der Waals surface area contributed by atoms with Crippen LogP contribution >= 0.6 is 0 Å². The van der Waals surface area contributed by atoms with Gasteiger partial charge in [-0.25, -0.2) is 13.4 Å². The molecule has 46 heavy (non-hydrogen) atoms. The molecule has 0 radical (unpaired) electrons. The third-order valence-electron chi connectivity index (χ3n) is 9.83. The van der Waals surface area contributed by atoms with Gasteiger partial charge in [-0.05, 0) is 70.8 Å². The first kappa shape index (κ1) is 32.0. The molecule has 0 unspecified atom stereocenters. The van der Waals surface area contributed by atoms with Crippen molar-refractivity contribution in [3.05, 3.63) is 66.4 Å². The molecular weight excluding hydrogens is 600 g/mol. The number of nitrogens with one attached hydrogen (secondary N) is 1. The van der Waals surface area contributed by atoms with Crippen molar-refractivity contribution in [3.8, 4) is 22.3 Å². The normalized spacial score (nSPS) is 19.4. The van der Waals surface area contributed by atoms with Crippen molar-refractivity contribution in [2.24, 2.45) is 0 Å². The number of hydrogen-bond acceptors (Lipinski definition) is 8. The van der Waals surface area contributed by atoms with Crippen molar-refractivity contribution in [3.63, 3.8) is 0 Å². The van der Waals surface area contributed by atoms with Gasteiger partial charge in [0, 0.05) is 54.4 Å². The number of piperazine rings is 1. The van der Waals surface area contributed by atoms with E-state index < -0.39 is 10.0 Å². The molecule has 12 heteroatoms. The first-order valence-electron chi connectivity index (χ1n) is 15.7. The number of carbonyl (C=O) groups is 1. The minimum Gasteiger partial charge on any atom is -0.383 e. The Morgan fingerprint density at radius 3 is 2.11 bits per heavy atom. The second kappa shape index (κ2) is 11.7. The molecule has 0 aliphatic carbocycles. The molecule has 2 fully saturated rings. The minimum atomic E-state index is -3.27. The third-order valence-corrected chi connectivity index (χ3v) is 11.1. The van der Waals surface area contributed by atoms with Gasteiger partial charge < -0.3 is 16.0 Å². The zero-order chi connectivity index (χ0) is 33.0. The Balaban J connectivity index is 1.33. The largest absolute Gasteiger partial charge is 0.383 e. The van der Waals surface area contributed by atoms with Crippen LogP contribution in [0.2, 0.25) is 0 Å². The fourth-order valence-corrected chi connectivity index (χ4v) is 7.90. The first-order chi connectivity index (χ1) is 21.7. The van der Waals surface area contributed by atoms with Gasteiger partial charge in [-0.2, -0.15) is 13.9 Å². The highest BCUT2D eigenvalue weighted by Gasteiger charge is 2.43. The molecule has 0 spiro atoms.